The summed E-state index contributed by atoms with van der Waals surface area (Å²) in [5.74, 6) is 0. The van der Waals surface area contributed by atoms with E-state index in [9.17, 15) is 0 Å². The van der Waals surface area contributed by atoms with Crippen LogP contribution < -0.4 is 0 Å². The van der Waals surface area contributed by atoms with E-state index in [0.29, 0.717) is 0 Å². The van der Waals surface area contributed by atoms with Crippen LogP contribution in [0.3, 0.4) is 0 Å². The summed E-state index contributed by atoms with van der Waals surface area (Å²) in [5.41, 5.74) is 5.39. The van der Waals surface area contributed by atoms with Gasteiger partial charge in [-0.15, -0.1) is 0 Å². The second-order valence-corrected chi connectivity index (χ2v) is 4.58. The summed E-state index contributed by atoms with van der Waals surface area (Å²) in [4.78, 5) is 0. The van der Waals surface area contributed by atoms with Crippen molar-refractivity contribution >= 4 is 11.1 Å². The van der Waals surface area contributed by atoms with Gasteiger partial charge in [0.15, 0.2) is 0 Å². The predicted octanol–water partition coefficient (Wildman–Crippen LogP) is 5.70. The average molecular weight is 228 g/mol. The Morgan fingerprint density at radius 1 is 1.00 bits per heavy atom. The standard InChI is InChI=1S/C17H24/c1-5-7-8-9-15(4)17-12-10-16(11-13-17)14(3)6-2/h6,9-13H,5,7-8H2,1-4H3/b14-6+,15-9+. The van der Waals surface area contributed by atoms with Gasteiger partial charge in [0, 0.05) is 0 Å². The third kappa shape index (κ3) is 4.22. The minimum absolute atomic E-state index is 1.19. The maximum absolute atomic E-state index is 2.35. The molecule has 0 saturated carbocycles. The highest BCUT2D eigenvalue weighted by Gasteiger charge is 1.97. The molecule has 0 heterocycles. The molecule has 0 radical (unpaired) electrons. The molecule has 1 aromatic rings. The van der Waals surface area contributed by atoms with Gasteiger partial charge in [0.25, 0.3) is 0 Å². The summed E-state index contributed by atoms with van der Waals surface area (Å²) in [5, 5.41) is 0. The Kier molecular flexibility index (Phi) is 5.76. The minimum Gasteiger partial charge on any atom is -0.0841 e. The molecule has 0 saturated heterocycles. The number of benzene rings is 1. The molecule has 0 fully saturated rings. The summed E-state index contributed by atoms with van der Waals surface area (Å²) >= 11 is 0. The van der Waals surface area contributed by atoms with Gasteiger partial charge < -0.3 is 0 Å². The SMILES string of the molecule is C/C=C(\C)c1ccc(/C(C)=C/CCCC)cc1. The van der Waals surface area contributed by atoms with Crippen molar-refractivity contribution in [2.75, 3.05) is 0 Å². The summed E-state index contributed by atoms with van der Waals surface area (Å²) in [6.45, 7) is 8.67. The van der Waals surface area contributed by atoms with Gasteiger partial charge in [-0.2, -0.15) is 0 Å². The van der Waals surface area contributed by atoms with Crippen LogP contribution in [0, 0.1) is 0 Å². The van der Waals surface area contributed by atoms with Crippen molar-refractivity contribution in [3.8, 4) is 0 Å². The second kappa shape index (κ2) is 7.11. The predicted molar refractivity (Wildman–Crippen MR) is 78.9 cm³/mol. The van der Waals surface area contributed by atoms with E-state index >= 15 is 0 Å². The maximum Gasteiger partial charge on any atom is -0.0230 e. The molecule has 0 N–H and O–H groups in total. The molecule has 0 heteroatoms. The fraction of sp³-hybridized carbons (Fsp3) is 0.412. The monoisotopic (exact) mass is 228 g/mol. The molecule has 0 aliphatic heterocycles. The molecule has 0 bridgehead atoms. The quantitative estimate of drug-likeness (QED) is 0.567. The zero-order valence-corrected chi connectivity index (χ0v) is 11.6. The molecular formula is C17H24. The van der Waals surface area contributed by atoms with Gasteiger partial charge >= 0.3 is 0 Å². The molecule has 0 atom stereocenters. The molecule has 92 valence electrons. The summed E-state index contributed by atoms with van der Waals surface area (Å²) < 4.78 is 0. The molecule has 0 amide bonds. The van der Waals surface area contributed by atoms with Crippen LogP contribution in [0.5, 0.6) is 0 Å². The molecule has 0 aliphatic carbocycles. The molecular weight excluding hydrogens is 204 g/mol. The van der Waals surface area contributed by atoms with E-state index in [4.69, 9.17) is 0 Å². The van der Waals surface area contributed by atoms with Crippen LogP contribution in [0.2, 0.25) is 0 Å². The molecule has 0 aromatic heterocycles. The summed E-state index contributed by atoms with van der Waals surface area (Å²) in [6, 6.07) is 8.86. The van der Waals surface area contributed by atoms with E-state index in [-0.39, 0.29) is 0 Å². The van der Waals surface area contributed by atoms with Crippen molar-refractivity contribution in [1.29, 1.82) is 0 Å². The van der Waals surface area contributed by atoms with Gasteiger partial charge in [-0.1, -0.05) is 56.2 Å². The number of rotatable bonds is 5. The number of hydrogen-bond acceptors (Lipinski definition) is 0. The van der Waals surface area contributed by atoms with E-state index in [1.165, 1.54) is 41.5 Å². The number of allylic oxidation sites excluding steroid dienone is 4. The van der Waals surface area contributed by atoms with Gasteiger partial charge in [0.2, 0.25) is 0 Å². The van der Waals surface area contributed by atoms with E-state index < -0.39 is 0 Å². The van der Waals surface area contributed by atoms with Crippen LogP contribution in [-0.2, 0) is 0 Å². The van der Waals surface area contributed by atoms with E-state index in [1.807, 2.05) is 0 Å². The second-order valence-electron chi connectivity index (χ2n) is 4.58. The highest BCUT2D eigenvalue weighted by Crippen LogP contribution is 2.19. The fourth-order valence-corrected chi connectivity index (χ4v) is 1.80. The van der Waals surface area contributed by atoms with Gasteiger partial charge in [-0.05, 0) is 49.5 Å². The largest absolute Gasteiger partial charge is 0.0841 e. The first-order valence-electron chi connectivity index (χ1n) is 6.59. The van der Waals surface area contributed by atoms with Crippen molar-refractivity contribution in [3.63, 3.8) is 0 Å². The van der Waals surface area contributed by atoms with Gasteiger partial charge in [-0.25, -0.2) is 0 Å². The molecule has 1 aromatic carbocycles. The normalized spacial score (nSPS) is 12.9. The zero-order chi connectivity index (χ0) is 12.7. The van der Waals surface area contributed by atoms with E-state index in [2.05, 4.69) is 64.1 Å². The lowest BCUT2D eigenvalue weighted by Gasteiger charge is -2.05. The van der Waals surface area contributed by atoms with E-state index in [1.54, 1.807) is 0 Å². The third-order valence-electron chi connectivity index (χ3n) is 3.24. The molecule has 0 spiro atoms. The Labute approximate surface area is 106 Å². The fourth-order valence-electron chi connectivity index (χ4n) is 1.80. The molecule has 0 unspecified atom stereocenters. The zero-order valence-electron chi connectivity index (χ0n) is 11.6. The Balaban J connectivity index is 2.77. The molecule has 0 aliphatic rings. The van der Waals surface area contributed by atoms with Crippen LogP contribution in [0.1, 0.15) is 58.1 Å². The maximum atomic E-state index is 2.35. The van der Waals surface area contributed by atoms with Crippen molar-refractivity contribution < 1.29 is 0 Å². The lowest BCUT2D eigenvalue weighted by atomic mass is 10.0. The van der Waals surface area contributed by atoms with Gasteiger partial charge in [0.1, 0.15) is 0 Å². The lowest BCUT2D eigenvalue weighted by Crippen LogP contribution is -1.83. The molecule has 17 heavy (non-hydrogen) atoms. The number of hydrogen-bond donors (Lipinski definition) is 0. The van der Waals surface area contributed by atoms with Crippen LogP contribution >= 0.6 is 0 Å². The summed E-state index contributed by atoms with van der Waals surface area (Å²) in [7, 11) is 0. The van der Waals surface area contributed by atoms with Crippen LogP contribution in [0.4, 0.5) is 0 Å². The Hall–Kier alpha value is -1.30. The highest BCUT2D eigenvalue weighted by atomic mass is 14.0. The Morgan fingerprint density at radius 2 is 1.53 bits per heavy atom. The minimum atomic E-state index is 1.19. The van der Waals surface area contributed by atoms with Gasteiger partial charge in [0.05, 0.1) is 0 Å². The van der Waals surface area contributed by atoms with Crippen molar-refractivity contribution in [2.45, 2.75) is 47.0 Å². The highest BCUT2D eigenvalue weighted by molar-refractivity contribution is 5.68. The summed E-state index contributed by atoms with van der Waals surface area (Å²) in [6.07, 6.45) is 8.24. The Morgan fingerprint density at radius 3 is 2.00 bits per heavy atom. The first kappa shape index (κ1) is 13.8. The molecule has 0 nitrogen and oxygen atoms in total. The molecule has 1 rings (SSSR count). The first-order chi connectivity index (χ1) is 8.19. The Bertz CT molecular complexity index is 391. The van der Waals surface area contributed by atoms with Crippen molar-refractivity contribution in [3.05, 3.63) is 47.5 Å². The average Bonchev–Trinajstić information content (AvgIpc) is 2.38. The van der Waals surface area contributed by atoms with Gasteiger partial charge in [-0.3, -0.25) is 0 Å². The van der Waals surface area contributed by atoms with E-state index in [0.717, 1.165) is 0 Å². The first-order valence-corrected chi connectivity index (χ1v) is 6.59. The van der Waals surface area contributed by atoms with Crippen LogP contribution in [0.25, 0.3) is 11.1 Å². The van der Waals surface area contributed by atoms with Crippen LogP contribution in [0.15, 0.2) is 36.4 Å². The van der Waals surface area contributed by atoms with Crippen molar-refractivity contribution in [2.24, 2.45) is 0 Å². The van der Waals surface area contributed by atoms with Crippen molar-refractivity contribution in [1.82, 2.24) is 0 Å². The lowest BCUT2D eigenvalue weighted by molar-refractivity contribution is 0.815. The topological polar surface area (TPSA) is 0 Å². The smallest absolute Gasteiger partial charge is 0.0230 e. The van der Waals surface area contributed by atoms with Crippen LogP contribution in [-0.4, -0.2) is 0 Å². The third-order valence-corrected chi connectivity index (χ3v) is 3.24. The number of unbranched alkanes of at least 4 members (excludes halogenated alkanes) is 2.